The topological polar surface area (TPSA) is 93.4 Å². The third-order valence-electron chi connectivity index (χ3n) is 5.22. The van der Waals surface area contributed by atoms with Crippen molar-refractivity contribution >= 4 is 28.4 Å². The van der Waals surface area contributed by atoms with Crippen LogP contribution in [0.15, 0.2) is 42.5 Å². The summed E-state index contributed by atoms with van der Waals surface area (Å²) in [6.07, 6.45) is 1.74. The van der Waals surface area contributed by atoms with Crippen LogP contribution in [0.5, 0.6) is 5.75 Å². The SMILES string of the molecule is COc1cc2c(cc1C)nc(NCCCCNC(=O)c1ccccc1)c1nnc(C)n12. The Morgan fingerprint density at radius 1 is 1.06 bits per heavy atom. The zero-order chi connectivity index (χ0) is 21.8. The summed E-state index contributed by atoms with van der Waals surface area (Å²) in [6.45, 7) is 5.26. The highest BCUT2D eigenvalue weighted by atomic mass is 16.5. The second-order valence-electron chi connectivity index (χ2n) is 7.43. The second-order valence-corrected chi connectivity index (χ2v) is 7.43. The number of ether oxygens (including phenoxy) is 1. The molecule has 2 N–H and O–H groups in total. The number of carbonyl (C=O) groups is 1. The lowest BCUT2D eigenvalue weighted by atomic mass is 10.2. The van der Waals surface area contributed by atoms with Crippen molar-refractivity contribution in [2.75, 3.05) is 25.5 Å². The summed E-state index contributed by atoms with van der Waals surface area (Å²) in [4.78, 5) is 16.9. The molecule has 8 nitrogen and oxygen atoms in total. The zero-order valence-corrected chi connectivity index (χ0v) is 18.0. The predicted octanol–water partition coefficient (Wildman–Crippen LogP) is 3.53. The van der Waals surface area contributed by atoms with Gasteiger partial charge in [0.1, 0.15) is 11.6 Å². The van der Waals surface area contributed by atoms with Gasteiger partial charge in [-0.3, -0.25) is 9.20 Å². The Labute approximate surface area is 180 Å². The van der Waals surface area contributed by atoms with Crippen LogP contribution in [0.25, 0.3) is 16.7 Å². The van der Waals surface area contributed by atoms with E-state index < -0.39 is 0 Å². The summed E-state index contributed by atoms with van der Waals surface area (Å²) in [5, 5.41) is 14.9. The number of fused-ring (bicyclic) bond motifs is 3. The van der Waals surface area contributed by atoms with Crippen LogP contribution in [0.3, 0.4) is 0 Å². The molecule has 0 saturated carbocycles. The molecule has 31 heavy (non-hydrogen) atoms. The molecular weight excluding hydrogens is 392 g/mol. The van der Waals surface area contributed by atoms with Crippen molar-refractivity contribution in [3.8, 4) is 5.75 Å². The quantitative estimate of drug-likeness (QED) is 0.425. The van der Waals surface area contributed by atoms with Crippen molar-refractivity contribution in [3.05, 3.63) is 59.4 Å². The Hall–Kier alpha value is -3.68. The van der Waals surface area contributed by atoms with Gasteiger partial charge in [0.05, 0.1) is 18.1 Å². The average molecular weight is 419 g/mol. The third-order valence-corrected chi connectivity index (χ3v) is 5.22. The highest BCUT2D eigenvalue weighted by Gasteiger charge is 2.14. The van der Waals surface area contributed by atoms with E-state index in [9.17, 15) is 4.79 Å². The smallest absolute Gasteiger partial charge is 0.251 e. The molecule has 0 atom stereocenters. The number of benzene rings is 2. The Balaban J connectivity index is 1.41. The number of amides is 1. The molecule has 4 aromatic rings. The van der Waals surface area contributed by atoms with Crippen LogP contribution >= 0.6 is 0 Å². The molecule has 0 aliphatic heterocycles. The maximum absolute atomic E-state index is 12.1. The third kappa shape index (κ3) is 4.28. The summed E-state index contributed by atoms with van der Waals surface area (Å²) in [7, 11) is 1.66. The molecule has 2 heterocycles. The summed E-state index contributed by atoms with van der Waals surface area (Å²) >= 11 is 0. The number of hydrogen-bond acceptors (Lipinski definition) is 6. The van der Waals surface area contributed by atoms with E-state index in [-0.39, 0.29) is 5.91 Å². The number of anilines is 1. The molecule has 2 aromatic carbocycles. The van der Waals surface area contributed by atoms with E-state index in [0.29, 0.717) is 23.6 Å². The summed E-state index contributed by atoms with van der Waals surface area (Å²) in [6, 6.07) is 13.2. The minimum absolute atomic E-state index is 0.0452. The molecule has 1 amide bonds. The van der Waals surface area contributed by atoms with Crippen LogP contribution in [-0.2, 0) is 0 Å². The van der Waals surface area contributed by atoms with Crippen molar-refractivity contribution in [2.24, 2.45) is 0 Å². The van der Waals surface area contributed by atoms with E-state index in [1.54, 1.807) is 7.11 Å². The summed E-state index contributed by atoms with van der Waals surface area (Å²) in [5.41, 5.74) is 4.15. The van der Waals surface area contributed by atoms with Gasteiger partial charge in [0.25, 0.3) is 5.91 Å². The lowest BCUT2D eigenvalue weighted by molar-refractivity contribution is 0.0953. The van der Waals surface area contributed by atoms with Crippen LogP contribution in [0, 0.1) is 13.8 Å². The van der Waals surface area contributed by atoms with E-state index in [2.05, 4.69) is 20.8 Å². The van der Waals surface area contributed by atoms with Gasteiger partial charge in [-0.2, -0.15) is 0 Å². The van der Waals surface area contributed by atoms with Gasteiger partial charge in [-0.25, -0.2) is 4.98 Å². The molecule has 2 aromatic heterocycles. The first-order valence-corrected chi connectivity index (χ1v) is 10.4. The largest absolute Gasteiger partial charge is 0.496 e. The normalized spacial score (nSPS) is 11.1. The van der Waals surface area contributed by atoms with E-state index in [1.807, 2.05) is 60.7 Å². The highest BCUT2D eigenvalue weighted by Crippen LogP contribution is 2.28. The van der Waals surface area contributed by atoms with Crippen molar-refractivity contribution in [1.29, 1.82) is 0 Å². The van der Waals surface area contributed by atoms with Crippen molar-refractivity contribution in [1.82, 2.24) is 24.9 Å². The van der Waals surface area contributed by atoms with Gasteiger partial charge in [-0.05, 0) is 50.5 Å². The van der Waals surface area contributed by atoms with Crippen LogP contribution in [0.2, 0.25) is 0 Å². The molecule has 0 aliphatic rings. The standard InChI is InChI=1S/C23H26N6O2/c1-15-13-18-19(14-20(15)31-3)29-16(2)27-28-22(29)21(26-18)24-11-7-8-12-25-23(30)17-9-5-4-6-10-17/h4-6,9-10,13-14H,7-8,11-12H2,1-3H3,(H,24,26)(H,25,30). The molecule has 0 radical (unpaired) electrons. The number of methoxy groups -OCH3 is 1. The van der Waals surface area contributed by atoms with Gasteiger partial charge in [0.15, 0.2) is 5.82 Å². The Morgan fingerprint density at radius 3 is 2.61 bits per heavy atom. The van der Waals surface area contributed by atoms with Crippen molar-refractivity contribution in [3.63, 3.8) is 0 Å². The highest BCUT2D eigenvalue weighted by molar-refractivity contribution is 5.94. The Kier molecular flexibility index (Phi) is 5.97. The maximum atomic E-state index is 12.1. The van der Waals surface area contributed by atoms with Crippen molar-refractivity contribution < 1.29 is 9.53 Å². The number of nitrogens with zero attached hydrogens (tertiary/aromatic N) is 4. The first-order chi connectivity index (χ1) is 15.1. The van der Waals surface area contributed by atoms with Crippen LogP contribution in [0.1, 0.15) is 34.6 Å². The minimum atomic E-state index is -0.0452. The number of carbonyl (C=O) groups excluding carboxylic acids is 1. The number of unbranched alkanes of at least 4 members (excludes halogenated alkanes) is 1. The van der Waals surface area contributed by atoms with Crippen molar-refractivity contribution in [2.45, 2.75) is 26.7 Å². The Morgan fingerprint density at radius 2 is 1.84 bits per heavy atom. The van der Waals surface area contributed by atoms with Crippen LogP contribution < -0.4 is 15.4 Å². The second kappa shape index (κ2) is 8.99. The van der Waals surface area contributed by atoms with Gasteiger partial charge < -0.3 is 15.4 Å². The summed E-state index contributed by atoms with van der Waals surface area (Å²) in [5.74, 6) is 2.25. The van der Waals surface area contributed by atoms with E-state index >= 15 is 0 Å². The van der Waals surface area contributed by atoms with Gasteiger partial charge in [0, 0.05) is 24.7 Å². The van der Waals surface area contributed by atoms with Gasteiger partial charge in [0.2, 0.25) is 5.65 Å². The van der Waals surface area contributed by atoms with Crippen LogP contribution in [-0.4, -0.2) is 45.7 Å². The molecular formula is C23H26N6O2. The number of hydrogen-bond donors (Lipinski definition) is 2. The number of aryl methyl sites for hydroxylation is 2. The molecule has 160 valence electrons. The number of rotatable bonds is 8. The number of aromatic nitrogens is 4. The molecule has 0 bridgehead atoms. The molecule has 0 unspecified atom stereocenters. The first-order valence-electron chi connectivity index (χ1n) is 10.4. The Bertz CT molecular complexity index is 1220. The predicted molar refractivity (Wildman–Crippen MR) is 121 cm³/mol. The molecule has 4 rings (SSSR count). The maximum Gasteiger partial charge on any atom is 0.251 e. The zero-order valence-electron chi connectivity index (χ0n) is 18.0. The molecule has 8 heteroatoms. The fraction of sp³-hybridized carbons (Fsp3) is 0.304. The fourth-order valence-electron chi connectivity index (χ4n) is 3.59. The van der Waals surface area contributed by atoms with Crippen LogP contribution in [0.4, 0.5) is 5.82 Å². The minimum Gasteiger partial charge on any atom is -0.496 e. The average Bonchev–Trinajstić information content (AvgIpc) is 3.18. The first kappa shape index (κ1) is 20.6. The lowest BCUT2D eigenvalue weighted by Crippen LogP contribution is -2.24. The molecule has 0 fully saturated rings. The van der Waals surface area contributed by atoms with E-state index in [4.69, 9.17) is 9.72 Å². The molecule has 0 saturated heterocycles. The number of nitrogens with one attached hydrogen (secondary N) is 2. The van der Waals surface area contributed by atoms with Gasteiger partial charge in [-0.1, -0.05) is 18.2 Å². The van der Waals surface area contributed by atoms with E-state index in [1.165, 1.54) is 0 Å². The fourth-order valence-corrected chi connectivity index (χ4v) is 3.59. The van der Waals surface area contributed by atoms with E-state index in [0.717, 1.165) is 47.6 Å². The lowest BCUT2D eigenvalue weighted by Gasteiger charge is -2.12. The molecule has 0 spiro atoms. The summed E-state index contributed by atoms with van der Waals surface area (Å²) < 4.78 is 7.46. The molecule has 0 aliphatic carbocycles. The van der Waals surface area contributed by atoms with Gasteiger partial charge >= 0.3 is 0 Å². The van der Waals surface area contributed by atoms with Gasteiger partial charge in [-0.15, -0.1) is 10.2 Å². The monoisotopic (exact) mass is 418 g/mol.